The number of benzene rings is 1. The average molecular weight is 342 g/mol. The van der Waals surface area contributed by atoms with E-state index in [1.807, 2.05) is 0 Å². The number of rotatable bonds is 3. The summed E-state index contributed by atoms with van der Waals surface area (Å²) in [7, 11) is 1.14. The minimum Gasteiger partial charge on any atom is -0.466 e. The lowest BCUT2D eigenvalue weighted by molar-refractivity contribution is -0.140. The summed E-state index contributed by atoms with van der Waals surface area (Å²) in [4.78, 5) is 25.6. The summed E-state index contributed by atoms with van der Waals surface area (Å²) in [5, 5.41) is 2.47. The number of methoxy groups -OCH3 is 1. The number of halogens is 3. The second kappa shape index (κ2) is 6.54. The van der Waals surface area contributed by atoms with Gasteiger partial charge in [0.2, 0.25) is 0 Å². The highest BCUT2D eigenvalue weighted by molar-refractivity contribution is 5.95. The molecule has 0 saturated carbocycles. The Morgan fingerprint density at radius 3 is 2.50 bits per heavy atom. The normalized spacial score (nSPS) is 18.5. The second-order valence-corrected chi connectivity index (χ2v) is 5.20. The molecule has 2 rings (SSSR count). The lowest BCUT2D eigenvalue weighted by Gasteiger charge is -2.35. The van der Waals surface area contributed by atoms with Crippen LogP contribution >= 0.6 is 0 Å². The van der Waals surface area contributed by atoms with Gasteiger partial charge in [-0.1, -0.05) is 18.2 Å². The van der Waals surface area contributed by atoms with Crippen molar-refractivity contribution in [3.8, 4) is 0 Å². The molecule has 1 aliphatic heterocycles. The molecular weight excluding hydrogens is 325 g/mol. The van der Waals surface area contributed by atoms with E-state index in [-0.39, 0.29) is 23.4 Å². The van der Waals surface area contributed by atoms with Crippen LogP contribution in [0.15, 0.2) is 35.5 Å². The first-order valence-corrected chi connectivity index (χ1v) is 7.25. The van der Waals surface area contributed by atoms with Crippen LogP contribution in [-0.4, -0.2) is 30.6 Å². The van der Waals surface area contributed by atoms with Crippen molar-refractivity contribution < 1.29 is 27.5 Å². The lowest BCUT2D eigenvalue weighted by Crippen LogP contribution is -2.48. The van der Waals surface area contributed by atoms with Gasteiger partial charge < -0.3 is 10.1 Å². The smallest absolute Gasteiger partial charge is 0.416 e. The van der Waals surface area contributed by atoms with Crippen molar-refractivity contribution in [2.24, 2.45) is 0 Å². The van der Waals surface area contributed by atoms with Crippen molar-refractivity contribution in [2.45, 2.75) is 26.1 Å². The van der Waals surface area contributed by atoms with Crippen molar-refractivity contribution >= 4 is 12.0 Å². The van der Waals surface area contributed by atoms with E-state index in [4.69, 9.17) is 4.74 Å². The number of alkyl halides is 3. The molecule has 0 aromatic heterocycles. The largest absolute Gasteiger partial charge is 0.466 e. The molecule has 1 atom stereocenters. The molecule has 0 spiro atoms. The molecule has 130 valence electrons. The molecular formula is C16H17F3N2O3. The van der Waals surface area contributed by atoms with Crippen LogP contribution in [0.3, 0.4) is 0 Å². The Morgan fingerprint density at radius 1 is 1.33 bits per heavy atom. The zero-order valence-electron chi connectivity index (χ0n) is 13.4. The molecule has 1 aliphatic rings. The first kappa shape index (κ1) is 17.8. The number of ether oxygens (including phenoxy) is 1. The van der Waals surface area contributed by atoms with Crippen molar-refractivity contribution in [1.82, 2.24) is 10.2 Å². The third kappa shape index (κ3) is 3.08. The minimum atomic E-state index is -4.61. The van der Waals surface area contributed by atoms with E-state index < -0.39 is 29.8 Å². The third-order valence-corrected chi connectivity index (χ3v) is 3.90. The van der Waals surface area contributed by atoms with Crippen LogP contribution in [0.25, 0.3) is 0 Å². The predicted molar refractivity (Wildman–Crippen MR) is 79.8 cm³/mol. The molecule has 0 bridgehead atoms. The fourth-order valence-corrected chi connectivity index (χ4v) is 2.78. The van der Waals surface area contributed by atoms with Gasteiger partial charge in [-0.2, -0.15) is 13.2 Å². The summed E-state index contributed by atoms with van der Waals surface area (Å²) in [6, 6.07) is 3.04. The molecule has 2 amide bonds. The van der Waals surface area contributed by atoms with Crippen molar-refractivity contribution in [2.75, 3.05) is 13.7 Å². The molecule has 0 saturated heterocycles. The molecule has 8 heteroatoms. The molecule has 1 aromatic rings. The Kier molecular flexibility index (Phi) is 4.86. The van der Waals surface area contributed by atoms with Gasteiger partial charge in [-0.05, 0) is 25.5 Å². The highest BCUT2D eigenvalue weighted by Crippen LogP contribution is 2.39. The van der Waals surface area contributed by atoms with Gasteiger partial charge in [-0.25, -0.2) is 9.59 Å². The van der Waals surface area contributed by atoms with Gasteiger partial charge in [-0.3, -0.25) is 4.90 Å². The minimum absolute atomic E-state index is 0.0179. The maximum Gasteiger partial charge on any atom is 0.416 e. The molecule has 1 aromatic carbocycles. The first-order valence-electron chi connectivity index (χ1n) is 7.25. The number of esters is 1. The number of hydrogen-bond acceptors (Lipinski definition) is 3. The van der Waals surface area contributed by atoms with Gasteiger partial charge in [0.05, 0.1) is 24.3 Å². The fourth-order valence-electron chi connectivity index (χ4n) is 2.78. The summed E-state index contributed by atoms with van der Waals surface area (Å²) in [5.41, 5.74) is -0.853. The topological polar surface area (TPSA) is 58.6 Å². The monoisotopic (exact) mass is 342 g/mol. The van der Waals surface area contributed by atoms with Crippen LogP contribution in [0.4, 0.5) is 18.0 Å². The molecule has 0 radical (unpaired) electrons. The summed E-state index contributed by atoms with van der Waals surface area (Å²) < 4.78 is 44.6. The van der Waals surface area contributed by atoms with Crippen molar-refractivity contribution in [1.29, 1.82) is 0 Å². The van der Waals surface area contributed by atoms with Crippen molar-refractivity contribution in [3.63, 3.8) is 0 Å². The number of carbonyl (C=O) groups is 2. The van der Waals surface area contributed by atoms with Crippen LogP contribution in [0.2, 0.25) is 0 Å². The highest BCUT2D eigenvalue weighted by atomic mass is 19.4. The number of carbonyl (C=O) groups excluding carboxylic acids is 2. The van der Waals surface area contributed by atoms with E-state index in [0.717, 1.165) is 13.2 Å². The quantitative estimate of drug-likeness (QED) is 0.858. The van der Waals surface area contributed by atoms with Gasteiger partial charge in [-0.15, -0.1) is 0 Å². The van der Waals surface area contributed by atoms with E-state index in [2.05, 4.69) is 5.32 Å². The van der Waals surface area contributed by atoms with E-state index >= 15 is 0 Å². The number of urea groups is 1. The van der Waals surface area contributed by atoms with Gasteiger partial charge in [0.15, 0.2) is 0 Å². The first-order chi connectivity index (χ1) is 11.2. The summed E-state index contributed by atoms with van der Waals surface area (Å²) >= 11 is 0. The summed E-state index contributed by atoms with van der Waals surface area (Å²) in [6.07, 6.45) is -4.61. The average Bonchev–Trinajstić information content (AvgIpc) is 2.53. The van der Waals surface area contributed by atoms with E-state index in [1.165, 1.54) is 30.0 Å². The van der Waals surface area contributed by atoms with Crippen LogP contribution in [-0.2, 0) is 15.7 Å². The summed E-state index contributed by atoms with van der Waals surface area (Å²) in [6.45, 7) is 3.48. The van der Waals surface area contributed by atoms with Gasteiger partial charge in [0.25, 0.3) is 0 Å². The molecule has 0 unspecified atom stereocenters. The SMILES string of the molecule is CCN1C(=O)N[C@H](c2ccccc2C(F)(F)F)C(C(=O)OC)=C1C. The Morgan fingerprint density at radius 2 is 1.96 bits per heavy atom. The maximum absolute atomic E-state index is 13.3. The van der Waals surface area contributed by atoms with Crippen LogP contribution in [0.5, 0.6) is 0 Å². The van der Waals surface area contributed by atoms with E-state index in [9.17, 15) is 22.8 Å². The number of nitrogens with zero attached hydrogens (tertiary/aromatic N) is 1. The highest BCUT2D eigenvalue weighted by Gasteiger charge is 2.41. The Hall–Kier alpha value is -2.51. The number of nitrogens with one attached hydrogen (secondary N) is 1. The standard InChI is InChI=1S/C16H17F3N2O3/c1-4-21-9(2)12(14(22)24-3)13(20-15(21)23)10-7-5-6-8-11(10)16(17,18)19/h5-8,13H,4H2,1-3H3,(H,20,23)/t13-/m1/s1. The van der Waals surface area contributed by atoms with Crippen LogP contribution in [0, 0.1) is 0 Å². The fraction of sp³-hybridized carbons (Fsp3) is 0.375. The Bertz CT molecular complexity index is 698. The molecule has 1 N–H and O–H groups in total. The number of hydrogen-bond donors (Lipinski definition) is 1. The zero-order chi connectivity index (χ0) is 18.1. The predicted octanol–water partition coefficient (Wildman–Crippen LogP) is 3.24. The lowest BCUT2D eigenvalue weighted by atomic mass is 9.91. The molecule has 0 aliphatic carbocycles. The van der Waals surface area contributed by atoms with Gasteiger partial charge >= 0.3 is 18.2 Å². The third-order valence-electron chi connectivity index (χ3n) is 3.90. The van der Waals surface area contributed by atoms with E-state index in [1.54, 1.807) is 6.92 Å². The molecule has 1 heterocycles. The van der Waals surface area contributed by atoms with Crippen molar-refractivity contribution in [3.05, 3.63) is 46.7 Å². The van der Waals surface area contributed by atoms with Crippen LogP contribution < -0.4 is 5.32 Å². The van der Waals surface area contributed by atoms with Gasteiger partial charge in [0, 0.05) is 12.2 Å². The molecule has 0 fully saturated rings. The Balaban J connectivity index is 2.67. The molecule has 5 nitrogen and oxygen atoms in total. The van der Waals surface area contributed by atoms with Gasteiger partial charge in [0.1, 0.15) is 0 Å². The second-order valence-electron chi connectivity index (χ2n) is 5.20. The Labute approximate surface area is 137 Å². The zero-order valence-corrected chi connectivity index (χ0v) is 13.4. The number of allylic oxidation sites excluding steroid dienone is 1. The summed E-state index contributed by atoms with van der Waals surface area (Å²) in [5.74, 6) is -0.784. The van der Waals surface area contributed by atoms with Crippen LogP contribution in [0.1, 0.15) is 31.0 Å². The maximum atomic E-state index is 13.3. The van der Waals surface area contributed by atoms with E-state index in [0.29, 0.717) is 0 Å². The molecule has 24 heavy (non-hydrogen) atoms. The number of amides is 2.